The highest BCUT2D eigenvalue weighted by Crippen LogP contribution is 2.31. The molecule has 0 radical (unpaired) electrons. The molecule has 2 aliphatic rings. The molecule has 28 heavy (non-hydrogen) atoms. The second-order valence-corrected chi connectivity index (χ2v) is 7.84. The van der Waals surface area contributed by atoms with Crippen molar-refractivity contribution < 1.29 is 14.3 Å². The van der Waals surface area contributed by atoms with Crippen LogP contribution >= 0.6 is 0 Å². The van der Waals surface area contributed by atoms with Crippen molar-refractivity contribution in [3.05, 3.63) is 53.6 Å². The summed E-state index contributed by atoms with van der Waals surface area (Å²) < 4.78 is 11.1. The molecule has 0 saturated carbocycles. The lowest BCUT2D eigenvalue weighted by atomic mass is 9.99. The molecule has 2 aromatic carbocycles. The third-order valence-electron chi connectivity index (χ3n) is 5.57. The van der Waals surface area contributed by atoms with Gasteiger partial charge in [-0.1, -0.05) is 19.1 Å². The molecule has 0 bridgehead atoms. The number of hydrogen-bond acceptors (Lipinski definition) is 4. The molecule has 4 rings (SSSR count). The number of fused-ring (bicyclic) bond motifs is 1. The zero-order valence-electron chi connectivity index (χ0n) is 16.6. The topological polar surface area (TPSA) is 50.8 Å². The highest BCUT2D eigenvalue weighted by atomic mass is 16.6. The van der Waals surface area contributed by atoms with E-state index in [9.17, 15) is 4.79 Å². The summed E-state index contributed by atoms with van der Waals surface area (Å²) >= 11 is 0. The Morgan fingerprint density at radius 1 is 1.11 bits per heavy atom. The SMILES string of the molecule is C[C@H]1CCCN(c2ccc([C@H](C)NC(=O)c3ccc4c(c3)OCCO4)cc2)C1. The third-order valence-corrected chi connectivity index (χ3v) is 5.57. The van der Waals surface area contributed by atoms with Gasteiger partial charge in [-0.3, -0.25) is 4.79 Å². The molecule has 0 spiro atoms. The second-order valence-electron chi connectivity index (χ2n) is 7.84. The van der Waals surface area contributed by atoms with Crippen LogP contribution in [0.1, 0.15) is 48.7 Å². The van der Waals surface area contributed by atoms with E-state index in [1.54, 1.807) is 18.2 Å². The van der Waals surface area contributed by atoms with Crippen LogP contribution in [0.25, 0.3) is 0 Å². The van der Waals surface area contributed by atoms with E-state index in [-0.39, 0.29) is 11.9 Å². The Morgan fingerprint density at radius 3 is 2.61 bits per heavy atom. The van der Waals surface area contributed by atoms with Crippen LogP contribution in [0, 0.1) is 5.92 Å². The predicted molar refractivity (Wildman–Crippen MR) is 110 cm³/mol. The normalized spacial score (nSPS) is 19.8. The van der Waals surface area contributed by atoms with E-state index in [2.05, 4.69) is 41.4 Å². The lowest BCUT2D eigenvalue weighted by Crippen LogP contribution is -2.34. The van der Waals surface area contributed by atoms with Crippen LogP contribution < -0.4 is 19.7 Å². The number of rotatable bonds is 4. The molecule has 2 heterocycles. The van der Waals surface area contributed by atoms with Gasteiger partial charge < -0.3 is 19.7 Å². The minimum atomic E-state index is -0.113. The van der Waals surface area contributed by atoms with E-state index < -0.39 is 0 Å². The molecular weight excluding hydrogens is 352 g/mol. The van der Waals surface area contributed by atoms with Crippen molar-refractivity contribution in [3.8, 4) is 11.5 Å². The van der Waals surface area contributed by atoms with Gasteiger partial charge in [-0.25, -0.2) is 0 Å². The molecule has 1 saturated heterocycles. The first-order chi connectivity index (χ1) is 13.6. The van der Waals surface area contributed by atoms with Crippen LogP contribution in [0.5, 0.6) is 11.5 Å². The first-order valence-corrected chi connectivity index (χ1v) is 10.2. The molecule has 0 aliphatic carbocycles. The van der Waals surface area contributed by atoms with Gasteiger partial charge in [0.15, 0.2) is 11.5 Å². The first-order valence-electron chi connectivity index (χ1n) is 10.2. The van der Waals surface area contributed by atoms with E-state index in [4.69, 9.17) is 9.47 Å². The van der Waals surface area contributed by atoms with Crippen LogP contribution in [0.15, 0.2) is 42.5 Å². The van der Waals surface area contributed by atoms with Gasteiger partial charge in [0, 0.05) is 24.3 Å². The zero-order chi connectivity index (χ0) is 19.5. The summed E-state index contributed by atoms with van der Waals surface area (Å²) in [6, 6.07) is 13.8. The molecule has 1 fully saturated rings. The lowest BCUT2D eigenvalue weighted by Gasteiger charge is -2.33. The number of nitrogens with zero attached hydrogens (tertiary/aromatic N) is 1. The third kappa shape index (κ3) is 4.08. The number of anilines is 1. The van der Waals surface area contributed by atoms with Crippen molar-refractivity contribution in [1.82, 2.24) is 5.32 Å². The molecule has 0 unspecified atom stereocenters. The summed E-state index contributed by atoms with van der Waals surface area (Å²) in [5, 5.41) is 3.08. The smallest absolute Gasteiger partial charge is 0.251 e. The number of carbonyl (C=O) groups excluding carboxylic acids is 1. The average Bonchev–Trinajstić information content (AvgIpc) is 2.73. The number of hydrogen-bond donors (Lipinski definition) is 1. The molecule has 2 aromatic rings. The maximum absolute atomic E-state index is 12.6. The van der Waals surface area contributed by atoms with Gasteiger partial charge in [0.25, 0.3) is 5.91 Å². The Hall–Kier alpha value is -2.69. The van der Waals surface area contributed by atoms with Crippen molar-refractivity contribution in [2.75, 3.05) is 31.2 Å². The van der Waals surface area contributed by atoms with Crippen LogP contribution in [-0.2, 0) is 0 Å². The molecular formula is C23H28N2O3. The van der Waals surface area contributed by atoms with Crippen LogP contribution in [-0.4, -0.2) is 32.2 Å². The van der Waals surface area contributed by atoms with E-state index >= 15 is 0 Å². The summed E-state index contributed by atoms with van der Waals surface area (Å²) in [4.78, 5) is 15.1. The van der Waals surface area contributed by atoms with Crippen LogP contribution in [0.4, 0.5) is 5.69 Å². The quantitative estimate of drug-likeness (QED) is 0.864. The Balaban J connectivity index is 1.40. The molecule has 5 nitrogen and oxygen atoms in total. The largest absolute Gasteiger partial charge is 0.486 e. The van der Waals surface area contributed by atoms with E-state index in [0.717, 1.165) is 24.6 Å². The predicted octanol–water partition coefficient (Wildman–Crippen LogP) is 4.19. The Bertz CT molecular complexity index is 834. The number of piperidine rings is 1. The average molecular weight is 380 g/mol. The number of nitrogens with one attached hydrogen (secondary N) is 1. The lowest BCUT2D eigenvalue weighted by molar-refractivity contribution is 0.0938. The van der Waals surface area contributed by atoms with Crippen LogP contribution in [0.3, 0.4) is 0 Å². The maximum Gasteiger partial charge on any atom is 0.251 e. The molecule has 148 valence electrons. The fourth-order valence-corrected chi connectivity index (χ4v) is 3.95. The maximum atomic E-state index is 12.6. The Labute approximate surface area is 166 Å². The summed E-state index contributed by atoms with van der Waals surface area (Å²) in [5.74, 6) is 1.96. The molecule has 2 atom stereocenters. The number of ether oxygens (including phenoxy) is 2. The van der Waals surface area contributed by atoms with Crippen molar-refractivity contribution in [2.24, 2.45) is 5.92 Å². The summed E-state index contributed by atoms with van der Waals surface area (Å²) in [5.41, 5.74) is 2.94. The van der Waals surface area contributed by atoms with Gasteiger partial charge in [0.1, 0.15) is 13.2 Å². The standard InChI is InChI=1S/C23H28N2O3/c1-16-4-3-11-25(15-16)20-8-5-18(6-9-20)17(2)24-23(26)19-7-10-21-22(14-19)28-13-12-27-21/h5-10,14,16-17H,3-4,11-13,15H2,1-2H3,(H,24,26)/t16-,17-/m0/s1. The van der Waals surface area contributed by atoms with E-state index in [0.29, 0.717) is 30.3 Å². The van der Waals surface area contributed by atoms with Crippen LogP contribution in [0.2, 0.25) is 0 Å². The minimum absolute atomic E-state index is 0.0740. The zero-order valence-corrected chi connectivity index (χ0v) is 16.6. The second kappa shape index (κ2) is 8.13. The Morgan fingerprint density at radius 2 is 1.86 bits per heavy atom. The summed E-state index contributed by atoms with van der Waals surface area (Å²) in [6.45, 7) is 7.62. The van der Waals surface area contributed by atoms with Gasteiger partial charge in [-0.2, -0.15) is 0 Å². The highest BCUT2D eigenvalue weighted by molar-refractivity contribution is 5.95. The fourth-order valence-electron chi connectivity index (χ4n) is 3.95. The fraction of sp³-hybridized carbons (Fsp3) is 0.435. The Kier molecular flexibility index (Phi) is 5.42. The minimum Gasteiger partial charge on any atom is -0.486 e. The molecule has 0 aromatic heterocycles. The molecule has 1 amide bonds. The molecule has 1 N–H and O–H groups in total. The summed E-state index contributed by atoms with van der Waals surface area (Å²) in [7, 11) is 0. The monoisotopic (exact) mass is 380 g/mol. The molecule has 2 aliphatic heterocycles. The number of amides is 1. The molecule has 5 heteroatoms. The first kappa shape index (κ1) is 18.7. The summed E-state index contributed by atoms with van der Waals surface area (Å²) in [6.07, 6.45) is 2.57. The van der Waals surface area contributed by atoms with E-state index in [1.165, 1.54) is 18.5 Å². The van der Waals surface area contributed by atoms with E-state index in [1.807, 2.05) is 6.92 Å². The number of benzene rings is 2. The van der Waals surface area contributed by atoms with Crippen molar-refractivity contribution in [1.29, 1.82) is 0 Å². The highest BCUT2D eigenvalue weighted by Gasteiger charge is 2.18. The van der Waals surface area contributed by atoms with Crippen molar-refractivity contribution in [2.45, 2.75) is 32.7 Å². The van der Waals surface area contributed by atoms with Gasteiger partial charge in [0.05, 0.1) is 6.04 Å². The van der Waals surface area contributed by atoms with Gasteiger partial charge >= 0.3 is 0 Å². The van der Waals surface area contributed by atoms with Gasteiger partial charge in [-0.05, 0) is 61.6 Å². The van der Waals surface area contributed by atoms with Gasteiger partial charge in [0.2, 0.25) is 0 Å². The number of carbonyl (C=O) groups is 1. The van der Waals surface area contributed by atoms with Gasteiger partial charge in [-0.15, -0.1) is 0 Å². The van der Waals surface area contributed by atoms with Crippen molar-refractivity contribution >= 4 is 11.6 Å². The van der Waals surface area contributed by atoms with Crippen molar-refractivity contribution in [3.63, 3.8) is 0 Å².